The molecule has 0 aliphatic heterocycles. The molecule has 1 aromatic carbocycles. The SMILES string of the molecule is CC1CCC(CNc2cccc([N+](=O)[O-])c2)C1. The number of nitrogens with zero attached hydrogens (tertiary/aromatic N) is 1. The second-order valence-electron chi connectivity index (χ2n) is 4.97. The molecule has 0 amide bonds. The lowest BCUT2D eigenvalue weighted by Crippen LogP contribution is -2.11. The molecular weight excluding hydrogens is 216 g/mol. The van der Waals surface area contributed by atoms with Gasteiger partial charge < -0.3 is 5.32 Å². The number of anilines is 1. The van der Waals surface area contributed by atoms with Crippen LogP contribution in [-0.4, -0.2) is 11.5 Å². The molecule has 0 heterocycles. The number of nitro groups is 1. The van der Waals surface area contributed by atoms with E-state index in [9.17, 15) is 10.1 Å². The van der Waals surface area contributed by atoms with Gasteiger partial charge >= 0.3 is 0 Å². The van der Waals surface area contributed by atoms with Crippen molar-refractivity contribution in [2.24, 2.45) is 11.8 Å². The van der Waals surface area contributed by atoms with Crippen LogP contribution in [0.4, 0.5) is 11.4 Å². The van der Waals surface area contributed by atoms with Gasteiger partial charge in [0.2, 0.25) is 0 Å². The first kappa shape index (κ1) is 11.9. The molecule has 4 heteroatoms. The highest BCUT2D eigenvalue weighted by Crippen LogP contribution is 2.30. The predicted octanol–water partition coefficient (Wildman–Crippen LogP) is 3.44. The molecule has 2 rings (SSSR count). The molecule has 0 bridgehead atoms. The van der Waals surface area contributed by atoms with Crippen molar-refractivity contribution in [1.82, 2.24) is 0 Å². The Morgan fingerprint density at radius 3 is 2.94 bits per heavy atom. The Morgan fingerprint density at radius 1 is 1.47 bits per heavy atom. The smallest absolute Gasteiger partial charge is 0.271 e. The van der Waals surface area contributed by atoms with E-state index >= 15 is 0 Å². The molecular formula is C13H18N2O2. The normalized spacial score (nSPS) is 23.6. The zero-order valence-electron chi connectivity index (χ0n) is 10.1. The minimum atomic E-state index is -0.358. The fourth-order valence-electron chi connectivity index (χ4n) is 2.50. The summed E-state index contributed by atoms with van der Waals surface area (Å²) in [5.74, 6) is 1.54. The van der Waals surface area contributed by atoms with Crippen LogP contribution >= 0.6 is 0 Å². The Labute approximate surface area is 101 Å². The lowest BCUT2D eigenvalue weighted by Gasteiger charge is -2.11. The zero-order valence-corrected chi connectivity index (χ0v) is 10.1. The Hall–Kier alpha value is -1.58. The van der Waals surface area contributed by atoms with E-state index < -0.39 is 0 Å². The van der Waals surface area contributed by atoms with Crippen molar-refractivity contribution in [3.8, 4) is 0 Å². The third-order valence-corrected chi connectivity index (χ3v) is 3.46. The topological polar surface area (TPSA) is 55.2 Å². The van der Waals surface area contributed by atoms with Gasteiger partial charge in [0.15, 0.2) is 0 Å². The van der Waals surface area contributed by atoms with Gasteiger partial charge in [0.25, 0.3) is 5.69 Å². The van der Waals surface area contributed by atoms with E-state index in [2.05, 4.69) is 12.2 Å². The molecule has 1 aliphatic carbocycles. The monoisotopic (exact) mass is 234 g/mol. The summed E-state index contributed by atoms with van der Waals surface area (Å²) in [5.41, 5.74) is 0.994. The third kappa shape index (κ3) is 3.19. The number of hydrogen-bond donors (Lipinski definition) is 1. The molecule has 4 nitrogen and oxygen atoms in total. The molecule has 2 unspecified atom stereocenters. The van der Waals surface area contributed by atoms with Crippen LogP contribution in [0.25, 0.3) is 0 Å². The standard InChI is InChI=1S/C13H18N2O2/c1-10-5-6-11(7-10)9-14-12-3-2-4-13(8-12)15(16)17/h2-4,8,10-11,14H,5-7,9H2,1H3. The van der Waals surface area contributed by atoms with E-state index in [0.29, 0.717) is 5.92 Å². The lowest BCUT2D eigenvalue weighted by atomic mass is 10.1. The number of nitrogens with one attached hydrogen (secondary N) is 1. The van der Waals surface area contributed by atoms with Crippen LogP contribution in [0.2, 0.25) is 0 Å². The Morgan fingerprint density at radius 2 is 2.29 bits per heavy atom. The van der Waals surface area contributed by atoms with Gasteiger partial charge in [-0.25, -0.2) is 0 Å². The van der Waals surface area contributed by atoms with E-state index in [4.69, 9.17) is 0 Å². The highest BCUT2D eigenvalue weighted by Gasteiger charge is 2.20. The van der Waals surface area contributed by atoms with Crippen LogP contribution in [0.3, 0.4) is 0 Å². The van der Waals surface area contributed by atoms with E-state index in [1.165, 1.54) is 25.3 Å². The van der Waals surface area contributed by atoms with Crippen LogP contribution in [0, 0.1) is 22.0 Å². The summed E-state index contributed by atoms with van der Waals surface area (Å²) in [5, 5.41) is 13.9. The first-order chi connectivity index (χ1) is 8.15. The second-order valence-corrected chi connectivity index (χ2v) is 4.97. The van der Waals surface area contributed by atoms with Crippen LogP contribution in [0.1, 0.15) is 26.2 Å². The lowest BCUT2D eigenvalue weighted by molar-refractivity contribution is -0.384. The van der Waals surface area contributed by atoms with Crippen LogP contribution < -0.4 is 5.32 Å². The van der Waals surface area contributed by atoms with Gasteiger partial charge in [-0.2, -0.15) is 0 Å². The third-order valence-electron chi connectivity index (χ3n) is 3.46. The zero-order chi connectivity index (χ0) is 12.3. The van der Waals surface area contributed by atoms with E-state index in [-0.39, 0.29) is 10.6 Å². The Balaban J connectivity index is 1.90. The summed E-state index contributed by atoms with van der Waals surface area (Å²) < 4.78 is 0. The molecule has 1 saturated carbocycles. The molecule has 0 radical (unpaired) electrons. The highest BCUT2D eigenvalue weighted by molar-refractivity contribution is 5.50. The minimum Gasteiger partial charge on any atom is -0.385 e. The summed E-state index contributed by atoms with van der Waals surface area (Å²) in [4.78, 5) is 10.3. The van der Waals surface area contributed by atoms with Crippen molar-refractivity contribution in [2.75, 3.05) is 11.9 Å². The fourth-order valence-corrected chi connectivity index (χ4v) is 2.50. The maximum Gasteiger partial charge on any atom is 0.271 e. The maximum absolute atomic E-state index is 10.6. The first-order valence-electron chi connectivity index (χ1n) is 6.13. The molecule has 1 aliphatic rings. The number of non-ortho nitro benzene ring substituents is 1. The molecule has 17 heavy (non-hydrogen) atoms. The van der Waals surface area contributed by atoms with Gasteiger partial charge in [-0.1, -0.05) is 19.4 Å². The van der Waals surface area contributed by atoms with Gasteiger partial charge in [0, 0.05) is 24.4 Å². The molecule has 92 valence electrons. The van der Waals surface area contributed by atoms with E-state index in [0.717, 1.165) is 18.2 Å². The molecule has 1 fully saturated rings. The quantitative estimate of drug-likeness (QED) is 0.641. The van der Waals surface area contributed by atoms with E-state index in [1.807, 2.05) is 6.07 Å². The van der Waals surface area contributed by atoms with Crippen molar-refractivity contribution in [1.29, 1.82) is 0 Å². The summed E-state index contributed by atoms with van der Waals surface area (Å²) in [6.45, 7) is 3.21. The van der Waals surface area contributed by atoms with Crippen molar-refractivity contribution in [3.05, 3.63) is 34.4 Å². The largest absolute Gasteiger partial charge is 0.385 e. The molecule has 0 aromatic heterocycles. The van der Waals surface area contributed by atoms with Crippen molar-refractivity contribution in [3.63, 3.8) is 0 Å². The summed E-state index contributed by atoms with van der Waals surface area (Å²) >= 11 is 0. The second kappa shape index (κ2) is 5.17. The summed E-state index contributed by atoms with van der Waals surface area (Å²) in [7, 11) is 0. The van der Waals surface area contributed by atoms with Crippen LogP contribution in [0.5, 0.6) is 0 Å². The van der Waals surface area contributed by atoms with Crippen molar-refractivity contribution < 1.29 is 4.92 Å². The molecule has 1 N–H and O–H groups in total. The van der Waals surface area contributed by atoms with Gasteiger partial charge in [0.05, 0.1) is 4.92 Å². The van der Waals surface area contributed by atoms with E-state index in [1.54, 1.807) is 12.1 Å². The number of hydrogen-bond acceptors (Lipinski definition) is 3. The Bertz CT molecular complexity index is 406. The number of nitro benzene ring substituents is 1. The Kier molecular flexibility index (Phi) is 3.61. The van der Waals surface area contributed by atoms with Crippen LogP contribution in [0.15, 0.2) is 24.3 Å². The number of rotatable bonds is 4. The molecule has 0 spiro atoms. The maximum atomic E-state index is 10.6. The average molecular weight is 234 g/mol. The van der Waals surface area contributed by atoms with Crippen molar-refractivity contribution in [2.45, 2.75) is 26.2 Å². The highest BCUT2D eigenvalue weighted by atomic mass is 16.6. The minimum absolute atomic E-state index is 0.148. The van der Waals surface area contributed by atoms with Gasteiger partial charge in [0.1, 0.15) is 0 Å². The molecule has 0 saturated heterocycles. The summed E-state index contributed by atoms with van der Waals surface area (Å²) in [6.07, 6.45) is 3.84. The van der Waals surface area contributed by atoms with Crippen LogP contribution in [-0.2, 0) is 0 Å². The number of benzene rings is 1. The summed E-state index contributed by atoms with van der Waals surface area (Å²) in [6, 6.07) is 6.71. The van der Waals surface area contributed by atoms with Gasteiger partial charge in [-0.15, -0.1) is 0 Å². The first-order valence-corrected chi connectivity index (χ1v) is 6.13. The molecule has 1 aromatic rings. The van der Waals surface area contributed by atoms with Crippen molar-refractivity contribution >= 4 is 11.4 Å². The molecule has 2 atom stereocenters. The fraction of sp³-hybridized carbons (Fsp3) is 0.538. The van der Waals surface area contributed by atoms with Gasteiger partial charge in [-0.05, 0) is 30.7 Å². The predicted molar refractivity (Wildman–Crippen MR) is 68.1 cm³/mol. The average Bonchev–Trinajstić information content (AvgIpc) is 2.73. The van der Waals surface area contributed by atoms with Gasteiger partial charge in [-0.3, -0.25) is 10.1 Å².